The Morgan fingerprint density at radius 3 is 2.58 bits per heavy atom. The molecule has 0 unspecified atom stereocenters. The van der Waals surface area contributed by atoms with Crippen molar-refractivity contribution in [2.75, 3.05) is 10.0 Å². The SMILES string of the molecule is Cc1ccc([C@H]2Nc3ccc(S(=O)(=O)Nc4ccccc4Cl)cc3[C@H]3C=CC[C@H]32)cc1. The number of halogens is 1. The summed E-state index contributed by atoms with van der Waals surface area (Å²) in [5, 5.41) is 4.03. The maximum absolute atomic E-state index is 13.0. The number of sulfonamides is 1. The molecule has 0 saturated heterocycles. The molecule has 0 bridgehead atoms. The van der Waals surface area contributed by atoms with Crippen molar-refractivity contribution in [2.24, 2.45) is 5.92 Å². The highest BCUT2D eigenvalue weighted by atomic mass is 35.5. The zero-order chi connectivity index (χ0) is 21.6. The number of hydrogen-bond donors (Lipinski definition) is 2. The van der Waals surface area contributed by atoms with Crippen LogP contribution in [0.3, 0.4) is 0 Å². The molecular weight excluding hydrogens is 428 g/mol. The lowest BCUT2D eigenvalue weighted by molar-refractivity contribution is 0.425. The van der Waals surface area contributed by atoms with Crippen molar-refractivity contribution in [1.29, 1.82) is 0 Å². The monoisotopic (exact) mass is 450 g/mol. The van der Waals surface area contributed by atoms with E-state index in [1.807, 2.05) is 6.07 Å². The number of hydrogen-bond acceptors (Lipinski definition) is 3. The number of nitrogens with one attached hydrogen (secondary N) is 2. The van der Waals surface area contributed by atoms with Gasteiger partial charge in [-0.1, -0.05) is 65.7 Å². The summed E-state index contributed by atoms with van der Waals surface area (Å²) in [6, 6.07) is 21.0. The van der Waals surface area contributed by atoms with Crippen LogP contribution in [0.25, 0.3) is 0 Å². The minimum atomic E-state index is -3.75. The lowest BCUT2D eigenvalue weighted by atomic mass is 9.77. The Labute approximate surface area is 188 Å². The van der Waals surface area contributed by atoms with Crippen LogP contribution in [0.1, 0.15) is 35.1 Å². The molecule has 3 aromatic rings. The highest BCUT2D eigenvalue weighted by molar-refractivity contribution is 7.92. The fourth-order valence-corrected chi connectivity index (χ4v) is 5.94. The van der Waals surface area contributed by atoms with Gasteiger partial charge in [0, 0.05) is 11.6 Å². The van der Waals surface area contributed by atoms with Gasteiger partial charge < -0.3 is 5.32 Å². The summed E-state index contributed by atoms with van der Waals surface area (Å²) in [6.07, 6.45) is 5.38. The van der Waals surface area contributed by atoms with Crippen LogP contribution in [0.4, 0.5) is 11.4 Å². The van der Waals surface area contributed by atoms with Crippen LogP contribution in [0, 0.1) is 12.8 Å². The molecule has 158 valence electrons. The highest BCUT2D eigenvalue weighted by Crippen LogP contribution is 2.50. The summed E-state index contributed by atoms with van der Waals surface area (Å²) in [5.74, 6) is 0.530. The topological polar surface area (TPSA) is 58.2 Å². The van der Waals surface area contributed by atoms with E-state index in [9.17, 15) is 8.42 Å². The van der Waals surface area contributed by atoms with Crippen molar-refractivity contribution < 1.29 is 8.42 Å². The van der Waals surface area contributed by atoms with E-state index in [0.29, 0.717) is 16.6 Å². The van der Waals surface area contributed by atoms with Crippen molar-refractivity contribution in [3.63, 3.8) is 0 Å². The molecule has 0 saturated carbocycles. The largest absolute Gasteiger partial charge is 0.378 e. The Hall–Kier alpha value is -2.76. The molecule has 5 rings (SSSR count). The van der Waals surface area contributed by atoms with E-state index in [4.69, 9.17) is 11.6 Å². The second kappa shape index (κ2) is 7.74. The van der Waals surface area contributed by atoms with Crippen molar-refractivity contribution >= 4 is 33.0 Å². The average molecular weight is 451 g/mol. The van der Waals surface area contributed by atoms with Crippen LogP contribution >= 0.6 is 11.6 Å². The van der Waals surface area contributed by atoms with E-state index >= 15 is 0 Å². The summed E-state index contributed by atoms with van der Waals surface area (Å²) < 4.78 is 28.7. The van der Waals surface area contributed by atoms with Gasteiger partial charge in [-0.3, -0.25) is 4.72 Å². The molecule has 0 radical (unpaired) electrons. The summed E-state index contributed by atoms with van der Waals surface area (Å²) in [4.78, 5) is 0.237. The van der Waals surface area contributed by atoms with Gasteiger partial charge in [-0.2, -0.15) is 0 Å². The second-order valence-electron chi connectivity index (χ2n) is 8.22. The van der Waals surface area contributed by atoms with E-state index in [2.05, 4.69) is 53.4 Å². The maximum Gasteiger partial charge on any atom is 0.261 e. The predicted molar refractivity (Wildman–Crippen MR) is 126 cm³/mol. The molecule has 3 atom stereocenters. The van der Waals surface area contributed by atoms with Crippen LogP contribution < -0.4 is 10.0 Å². The van der Waals surface area contributed by atoms with Crippen molar-refractivity contribution in [1.82, 2.24) is 0 Å². The van der Waals surface area contributed by atoms with Gasteiger partial charge in [-0.15, -0.1) is 0 Å². The Morgan fingerprint density at radius 2 is 1.81 bits per heavy atom. The molecule has 4 nitrogen and oxygen atoms in total. The Morgan fingerprint density at radius 1 is 1.03 bits per heavy atom. The van der Waals surface area contributed by atoms with E-state index in [1.54, 1.807) is 36.4 Å². The molecule has 2 aliphatic rings. The van der Waals surface area contributed by atoms with Crippen LogP contribution in [0.15, 0.2) is 83.8 Å². The van der Waals surface area contributed by atoms with Gasteiger partial charge >= 0.3 is 0 Å². The standard InChI is InChI=1S/C25H23ClN2O2S/c1-16-9-11-17(12-10-16)25-20-6-4-5-19(20)21-15-18(13-14-23(21)27-25)31(29,30)28-24-8-3-2-7-22(24)26/h2-5,7-15,19-20,25,27-28H,6H2,1H3/t19-,20+,25+/m0/s1. The third-order valence-corrected chi connectivity index (χ3v) is 7.89. The fraction of sp³-hybridized carbons (Fsp3) is 0.200. The predicted octanol–water partition coefficient (Wildman–Crippen LogP) is 6.28. The van der Waals surface area contributed by atoms with Gasteiger partial charge in [0.05, 0.1) is 21.6 Å². The van der Waals surface area contributed by atoms with E-state index in [1.165, 1.54) is 11.1 Å². The molecule has 1 aliphatic carbocycles. The number of allylic oxidation sites excluding steroid dienone is 2. The zero-order valence-electron chi connectivity index (χ0n) is 17.0. The zero-order valence-corrected chi connectivity index (χ0v) is 18.6. The Kier molecular flexibility index (Phi) is 5.03. The summed E-state index contributed by atoms with van der Waals surface area (Å²) >= 11 is 6.14. The minimum absolute atomic E-state index is 0.179. The number of anilines is 2. The number of rotatable bonds is 4. The van der Waals surface area contributed by atoms with Crippen LogP contribution in [0.2, 0.25) is 5.02 Å². The van der Waals surface area contributed by atoms with Gasteiger partial charge in [0.1, 0.15) is 0 Å². The molecule has 0 spiro atoms. The number of benzene rings is 3. The van der Waals surface area contributed by atoms with Crippen LogP contribution in [-0.2, 0) is 10.0 Å². The van der Waals surface area contributed by atoms with E-state index in [-0.39, 0.29) is 16.9 Å². The Bertz CT molecular complexity index is 1270. The molecular formula is C25H23ClN2O2S. The van der Waals surface area contributed by atoms with Gasteiger partial charge in [-0.05, 0) is 60.7 Å². The van der Waals surface area contributed by atoms with Gasteiger partial charge in [0.25, 0.3) is 10.0 Å². The first-order valence-corrected chi connectivity index (χ1v) is 12.2. The molecule has 1 aliphatic heterocycles. The molecule has 0 fully saturated rings. The summed E-state index contributed by atoms with van der Waals surface area (Å²) in [5.41, 5.74) is 4.87. The van der Waals surface area contributed by atoms with Crippen molar-refractivity contribution in [2.45, 2.75) is 30.2 Å². The number of fused-ring (bicyclic) bond motifs is 3. The molecule has 0 aromatic heterocycles. The van der Waals surface area contributed by atoms with Gasteiger partial charge in [0.15, 0.2) is 0 Å². The summed E-state index contributed by atoms with van der Waals surface area (Å²) in [7, 11) is -3.75. The van der Waals surface area contributed by atoms with Gasteiger partial charge in [0.2, 0.25) is 0 Å². The lowest BCUT2D eigenvalue weighted by Crippen LogP contribution is -2.29. The van der Waals surface area contributed by atoms with Crippen molar-refractivity contribution in [3.8, 4) is 0 Å². The van der Waals surface area contributed by atoms with Crippen molar-refractivity contribution in [3.05, 3.63) is 101 Å². The Balaban J connectivity index is 1.50. The third kappa shape index (κ3) is 3.73. The molecule has 31 heavy (non-hydrogen) atoms. The van der Waals surface area contributed by atoms with Crippen LogP contribution in [0.5, 0.6) is 0 Å². The first-order chi connectivity index (χ1) is 14.9. The minimum Gasteiger partial charge on any atom is -0.378 e. The molecule has 0 amide bonds. The third-order valence-electron chi connectivity index (χ3n) is 6.20. The lowest BCUT2D eigenvalue weighted by Gasteiger charge is -2.37. The smallest absolute Gasteiger partial charge is 0.261 e. The van der Waals surface area contributed by atoms with E-state index in [0.717, 1.165) is 17.7 Å². The quantitative estimate of drug-likeness (QED) is 0.460. The first-order valence-electron chi connectivity index (χ1n) is 10.3. The molecule has 1 heterocycles. The molecule has 2 N–H and O–H groups in total. The fourth-order valence-electron chi connectivity index (χ4n) is 4.59. The van der Waals surface area contributed by atoms with Gasteiger partial charge in [-0.25, -0.2) is 8.42 Å². The average Bonchev–Trinajstić information content (AvgIpc) is 3.25. The normalized spacial score (nSPS) is 21.8. The molecule has 6 heteroatoms. The first kappa shape index (κ1) is 20.2. The summed E-state index contributed by atoms with van der Waals surface area (Å²) in [6.45, 7) is 2.09. The second-order valence-corrected chi connectivity index (χ2v) is 10.3. The number of aryl methyl sites for hydroxylation is 1. The number of para-hydroxylation sites is 1. The highest BCUT2D eigenvalue weighted by Gasteiger charge is 2.38. The van der Waals surface area contributed by atoms with E-state index < -0.39 is 10.0 Å². The maximum atomic E-state index is 13.0. The molecule has 3 aromatic carbocycles. The van der Waals surface area contributed by atoms with Crippen LogP contribution in [-0.4, -0.2) is 8.42 Å².